The molecule has 1 unspecified atom stereocenters. The van der Waals surface area contributed by atoms with Crippen LogP contribution in [0.15, 0.2) is 48.0 Å². The Morgan fingerprint density at radius 3 is 2.74 bits per heavy atom. The van der Waals surface area contributed by atoms with E-state index < -0.39 is 0 Å². The van der Waals surface area contributed by atoms with Gasteiger partial charge in [0.1, 0.15) is 11.5 Å². The molecule has 0 bridgehead atoms. The van der Waals surface area contributed by atoms with Crippen molar-refractivity contribution in [3.05, 3.63) is 54.4 Å². The summed E-state index contributed by atoms with van der Waals surface area (Å²) in [5.41, 5.74) is 5.34. The fourth-order valence-electron chi connectivity index (χ4n) is 4.29. The summed E-state index contributed by atoms with van der Waals surface area (Å²) in [6.07, 6.45) is 7.15. The average Bonchev–Trinajstić information content (AvgIpc) is 3.40. The zero-order valence-corrected chi connectivity index (χ0v) is 18.2. The third-order valence-electron chi connectivity index (χ3n) is 6.50. The van der Waals surface area contributed by atoms with Crippen molar-refractivity contribution in [2.75, 3.05) is 5.32 Å². The summed E-state index contributed by atoms with van der Waals surface area (Å²) in [6, 6.07) is 5.56. The molecule has 7 nitrogen and oxygen atoms in total. The fourth-order valence-corrected chi connectivity index (χ4v) is 4.29. The van der Waals surface area contributed by atoms with E-state index in [2.05, 4.69) is 52.3 Å². The average molecular weight is 420 g/mol. The molecule has 0 radical (unpaired) electrons. The number of aryl methyl sites for hydroxylation is 1. The first-order valence-corrected chi connectivity index (χ1v) is 10.3. The molecular weight excluding hydrogens is 393 g/mol. The van der Waals surface area contributed by atoms with Crippen LogP contribution in [0.5, 0.6) is 0 Å². The van der Waals surface area contributed by atoms with Crippen molar-refractivity contribution in [3.63, 3.8) is 0 Å². The highest BCUT2D eigenvalue weighted by Crippen LogP contribution is 2.47. The van der Waals surface area contributed by atoms with E-state index in [1.165, 1.54) is 0 Å². The van der Waals surface area contributed by atoms with Gasteiger partial charge in [-0.3, -0.25) is 9.67 Å². The predicted molar refractivity (Wildman–Crippen MR) is 122 cm³/mol. The van der Waals surface area contributed by atoms with Gasteiger partial charge in [0.25, 0.3) is 0 Å². The topological polar surface area (TPSA) is 72.4 Å². The van der Waals surface area contributed by atoms with E-state index >= 15 is 4.39 Å². The molecule has 0 fully saturated rings. The zero-order valence-electron chi connectivity index (χ0n) is 18.2. The summed E-state index contributed by atoms with van der Waals surface area (Å²) in [4.78, 5) is 9.00. The van der Waals surface area contributed by atoms with Gasteiger partial charge < -0.3 is 5.32 Å². The lowest BCUT2D eigenvalue weighted by atomic mass is 9.71. The molecule has 8 heteroatoms. The summed E-state index contributed by atoms with van der Waals surface area (Å²) in [6.45, 7) is 8.43. The van der Waals surface area contributed by atoms with Gasteiger partial charge >= 0.3 is 0 Å². The lowest BCUT2D eigenvalue weighted by Gasteiger charge is -2.31. The molecule has 160 valence electrons. The van der Waals surface area contributed by atoms with Crippen LogP contribution in [-0.4, -0.2) is 30.1 Å². The summed E-state index contributed by atoms with van der Waals surface area (Å²) in [5.74, 6) is 0.452. The molecule has 4 heterocycles. The SMILES string of the molecule is CC1=Nc2c(F)cc(-c3ccn4nc(Nc5cnn(C)c5)ncc34)cc2C1(C)C(C)C.[HH]. The Balaban J connectivity index is 0.00000245. The highest BCUT2D eigenvalue weighted by Gasteiger charge is 2.41. The Kier molecular flexibility index (Phi) is 4.22. The highest BCUT2D eigenvalue weighted by molar-refractivity contribution is 6.01. The van der Waals surface area contributed by atoms with Crippen molar-refractivity contribution in [3.8, 4) is 11.1 Å². The third-order valence-corrected chi connectivity index (χ3v) is 6.50. The minimum absolute atomic E-state index is 0. The molecule has 5 rings (SSSR count). The van der Waals surface area contributed by atoms with E-state index in [9.17, 15) is 0 Å². The number of hydrogen-bond acceptors (Lipinski definition) is 5. The Labute approximate surface area is 181 Å². The van der Waals surface area contributed by atoms with Crippen LogP contribution in [-0.2, 0) is 12.5 Å². The molecule has 1 aromatic carbocycles. The summed E-state index contributed by atoms with van der Waals surface area (Å²) in [5, 5.41) is 11.8. The Bertz CT molecular complexity index is 1350. The Morgan fingerprint density at radius 2 is 2.03 bits per heavy atom. The van der Waals surface area contributed by atoms with Crippen molar-refractivity contribution in [2.24, 2.45) is 18.0 Å². The monoisotopic (exact) mass is 419 g/mol. The van der Waals surface area contributed by atoms with Gasteiger partial charge in [-0.1, -0.05) is 13.8 Å². The molecule has 0 spiro atoms. The number of rotatable bonds is 4. The largest absolute Gasteiger partial charge is 0.320 e. The maximum absolute atomic E-state index is 15.1. The van der Waals surface area contributed by atoms with Gasteiger partial charge in [0.2, 0.25) is 5.95 Å². The molecule has 4 aromatic rings. The van der Waals surface area contributed by atoms with E-state index in [4.69, 9.17) is 0 Å². The number of nitrogens with one attached hydrogen (secondary N) is 1. The molecule has 3 aromatic heterocycles. The number of hydrogen-bond donors (Lipinski definition) is 1. The molecule has 1 aliphatic heterocycles. The van der Waals surface area contributed by atoms with Gasteiger partial charge in [0, 0.05) is 37.6 Å². The second-order valence-corrected chi connectivity index (χ2v) is 8.58. The summed E-state index contributed by atoms with van der Waals surface area (Å²) >= 11 is 0. The first-order chi connectivity index (χ1) is 14.8. The van der Waals surface area contributed by atoms with Crippen LogP contribution in [0.4, 0.5) is 21.7 Å². The molecule has 31 heavy (non-hydrogen) atoms. The predicted octanol–water partition coefficient (Wildman–Crippen LogP) is 5.28. The van der Waals surface area contributed by atoms with Crippen LogP contribution < -0.4 is 5.32 Å². The Hall–Kier alpha value is -3.55. The maximum atomic E-state index is 15.1. The molecule has 0 saturated heterocycles. The van der Waals surface area contributed by atoms with Gasteiger partial charge in [-0.15, -0.1) is 5.10 Å². The van der Waals surface area contributed by atoms with Gasteiger partial charge in [0.05, 0.1) is 23.6 Å². The second-order valence-electron chi connectivity index (χ2n) is 8.58. The minimum atomic E-state index is -0.300. The van der Waals surface area contributed by atoms with E-state index in [1.54, 1.807) is 27.7 Å². The molecular formula is C23H26FN7. The van der Waals surface area contributed by atoms with Crippen LogP contribution in [0.3, 0.4) is 0 Å². The van der Waals surface area contributed by atoms with Crippen LogP contribution in [0, 0.1) is 11.7 Å². The van der Waals surface area contributed by atoms with Crippen molar-refractivity contribution < 1.29 is 5.82 Å². The molecule has 0 saturated carbocycles. The van der Waals surface area contributed by atoms with E-state index in [0.717, 1.165) is 33.6 Å². The van der Waals surface area contributed by atoms with E-state index in [-0.39, 0.29) is 12.7 Å². The van der Waals surface area contributed by atoms with Crippen LogP contribution in [0.25, 0.3) is 16.6 Å². The summed E-state index contributed by atoms with van der Waals surface area (Å²) < 4.78 is 18.5. The number of halogens is 1. The normalized spacial score (nSPS) is 18.0. The van der Waals surface area contributed by atoms with E-state index in [0.29, 0.717) is 17.6 Å². The fraction of sp³-hybridized carbons (Fsp3) is 0.304. The van der Waals surface area contributed by atoms with Crippen LogP contribution >= 0.6 is 0 Å². The van der Waals surface area contributed by atoms with Crippen molar-refractivity contribution in [1.82, 2.24) is 24.4 Å². The lowest BCUT2D eigenvalue weighted by Crippen LogP contribution is -2.33. The van der Waals surface area contributed by atoms with Gasteiger partial charge in [-0.05, 0) is 49.1 Å². The van der Waals surface area contributed by atoms with Crippen molar-refractivity contribution >= 4 is 28.6 Å². The Morgan fingerprint density at radius 1 is 1.23 bits per heavy atom. The quantitative estimate of drug-likeness (QED) is 0.489. The molecule has 0 aliphatic carbocycles. The van der Waals surface area contributed by atoms with Crippen molar-refractivity contribution in [2.45, 2.75) is 33.1 Å². The second kappa shape index (κ2) is 6.73. The number of benzene rings is 1. The van der Waals surface area contributed by atoms with Crippen molar-refractivity contribution in [1.29, 1.82) is 0 Å². The minimum Gasteiger partial charge on any atom is -0.320 e. The number of nitrogens with zero attached hydrogens (tertiary/aromatic N) is 6. The highest BCUT2D eigenvalue weighted by atomic mass is 19.1. The molecule has 1 atom stereocenters. The number of fused-ring (bicyclic) bond motifs is 2. The smallest absolute Gasteiger partial charge is 0.245 e. The van der Waals surface area contributed by atoms with Gasteiger partial charge in [-0.25, -0.2) is 13.9 Å². The number of anilines is 2. The first kappa shape index (κ1) is 19.4. The molecule has 0 amide bonds. The first-order valence-electron chi connectivity index (χ1n) is 10.3. The molecule has 1 aliphatic rings. The van der Waals surface area contributed by atoms with E-state index in [1.807, 2.05) is 32.4 Å². The number of aromatic nitrogens is 5. The van der Waals surface area contributed by atoms with Crippen LogP contribution in [0.2, 0.25) is 0 Å². The van der Waals surface area contributed by atoms with Gasteiger partial charge in [0.15, 0.2) is 0 Å². The van der Waals surface area contributed by atoms with Crippen LogP contribution in [0.1, 0.15) is 34.7 Å². The summed E-state index contributed by atoms with van der Waals surface area (Å²) in [7, 11) is 1.85. The van der Waals surface area contributed by atoms with Gasteiger partial charge in [-0.2, -0.15) is 5.10 Å². The lowest BCUT2D eigenvalue weighted by molar-refractivity contribution is 0.455. The zero-order chi connectivity index (χ0) is 21.9. The standard InChI is InChI=1S/C23H24FN7.H2/c1-13(2)23(4)14(3)27-21-18(23)8-15(9-19(21)24)17-6-7-31-20(17)11-25-22(29-31)28-16-10-26-30(5)12-16;/h6-13H,1-5H3,(H,28,29);1H. The number of aliphatic imine (C=N–C) groups is 1. The third kappa shape index (κ3) is 2.93. The molecule has 1 N–H and O–H groups in total. The maximum Gasteiger partial charge on any atom is 0.245 e.